The molecule has 2 aliphatic heterocycles. The third-order valence-electron chi connectivity index (χ3n) is 6.25. The Morgan fingerprint density at radius 2 is 1.67 bits per heavy atom. The summed E-state index contributed by atoms with van der Waals surface area (Å²) >= 11 is 0. The number of nitrogens with zero attached hydrogens (tertiary/aromatic N) is 3. The number of anilines is 1. The third kappa shape index (κ3) is 5.96. The van der Waals surface area contributed by atoms with Gasteiger partial charge in [0.25, 0.3) is 0 Å². The van der Waals surface area contributed by atoms with Crippen molar-refractivity contribution in [2.45, 2.75) is 19.4 Å². The van der Waals surface area contributed by atoms with Crippen molar-refractivity contribution in [2.24, 2.45) is 5.92 Å². The molecule has 174 valence electrons. The highest BCUT2D eigenvalue weighted by Crippen LogP contribution is 2.25. The average Bonchev–Trinajstić information content (AvgIpc) is 3.22. The lowest BCUT2D eigenvalue weighted by molar-refractivity contribution is -0.133. The van der Waals surface area contributed by atoms with Crippen LogP contribution in [0.2, 0.25) is 0 Å². The minimum Gasteiger partial charge on any atom is -0.355 e. The maximum absolute atomic E-state index is 13.1. The van der Waals surface area contributed by atoms with Gasteiger partial charge in [0.05, 0.1) is 5.92 Å². The van der Waals surface area contributed by atoms with Gasteiger partial charge < -0.3 is 15.1 Å². The van der Waals surface area contributed by atoms with Crippen LogP contribution in [0.25, 0.3) is 0 Å². The van der Waals surface area contributed by atoms with E-state index in [4.69, 9.17) is 0 Å². The summed E-state index contributed by atoms with van der Waals surface area (Å²) in [5.74, 6) is -1.20. The fourth-order valence-corrected chi connectivity index (χ4v) is 4.35. The number of halogens is 1. The van der Waals surface area contributed by atoms with Gasteiger partial charge in [0, 0.05) is 64.3 Å². The van der Waals surface area contributed by atoms with E-state index < -0.39 is 5.92 Å². The first-order valence-corrected chi connectivity index (χ1v) is 11.4. The van der Waals surface area contributed by atoms with Crippen molar-refractivity contribution in [3.8, 4) is 0 Å². The second kappa shape index (κ2) is 10.6. The Kier molecular flexibility index (Phi) is 7.34. The van der Waals surface area contributed by atoms with E-state index in [0.29, 0.717) is 18.8 Å². The molecule has 4 rings (SSSR count). The molecule has 1 atom stereocenters. The van der Waals surface area contributed by atoms with E-state index in [1.807, 2.05) is 23.1 Å². The van der Waals surface area contributed by atoms with Gasteiger partial charge in [0.15, 0.2) is 0 Å². The lowest BCUT2D eigenvalue weighted by Gasteiger charge is -2.34. The van der Waals surface area contributed by atoms with Crippen LogP contribution in [0, 0.1) is 11.7 Å². The van der Waals surface area contributed by atoms with Crippen molar-refractivity contribution in [3.63, 3.8) is 0 Å². The summed E-state index contributed by atoms with van der Waals surface area (Å²) in [5, 5.41) is 2.80. The quantitative estimate of drug-likeness (QED) is 0.698. The molecule has 7 nitrogen and oxygen atoms in total. The van der Waals surface area contributed by atoms with E-state index in [9.17, 15) is 18.8 Å². The Hall–Kier alpha value is -3.26. The van der Waals surface area contributed by atoms with Crippen LogP contribution in [0.1, 0.15) is 18.4 Å². The molecule has 0 aromatic heterocycles. The normalized spacial score (nSPS) is 19.1. The van der Waals surface area contributed by atoms with E-state index in [1.165, 1.54) is 34.7 Å². The first kappa shape index (κ1) is 22.9. The van der Waals surface area contributed by atoms with Crippen LogP contribution >= 0.6 is 0 Å². The summed E-state index contributed by atoms with van der Waals surface area (Å²) in [6.07, 6.45) is 0.354. The number of hydrogen-bond acceptors (Lipinski definition) is 4. The topological polar surface area (TPSA) is 73.0 Å². The average molecular weight is 453 g/mol. The lowest BCUT2D eigenvalue weighted by atomic mass is 10.1. The van der Waals surface area contributed by atoms with Crippen LogP contribution < -0.4 is 10.2 Å². The number of nitrogens with one attached hydrogen (secondary N) is 1. The highest BCUT2D eigenvalue weighted by Gasteiger charge is 2.35. The SMILES string of the molecule is O=C(NCCC(=O)N1CCN(Cc2ccccc2)CC1)C1CC(=O)N(c2ccc(F)cc2)C1. The van der Waals surface area contributed by atoms with Gasteiger partial charge >= 0.3 is 0 Å². The first-order valence-electron chi connectivity index (χ1n) is 11.4. The van der Waals surface area contributed by atoms with Gasteiger partial charge in [0.1, 0.15) is 5.82 Å². The molecule has 0 saturated carbocycles. The minimum absolute atomic E-state index is 0.0325. The molecular weight excluding hydrogens is 423 g/mol. The molecule has 2 aliphatic rings. The van der Waals surface area contributed by atoms with Crippen molar-refractivity contribution in [1.82, 2.24) is 15.1 Å². The Labute approximate surface area is 193 Å². The van der Waals surface area contributed by atoms with E-state index in [-0.39, 0.29) is 49.5 Å². The minimum atomic E-state index is -0.473. The van der Waals surface area contributed by atoms with Gasteiger partial charge in [0.2, 0.25) is 17.7 Å². The van der Waals surface area contributed by atoms with E-state index in [0.717, 1.165) is 19.6 Å². The number of carbonyl (C=O) groups is 3. The maximum atomic E-state index is 13.1. The molecule has 2 aromatic rings. The lowest BCUT2D eigenvalue weighted by Crippen LogP contribution is -2.48. The van der Waals surface area contributed by atoms with E-state index in [1.54, 1.807) is 0 Å². The highest BCUT2D eigenvalue weighted by molar-refractivity contribution is 6.00. The van der Waals surface area contributed by atoms with E-state index >= 15 is 0 Å². The molecule has 2 heterocycles. The van der Waals surface area contributed by atoms with Gasteiger partial charge in [-0.1, -0.05) is 30.3 Å². The van der Waals surface area contributed by atoms with E-state index in [2.05, 4.69) is 22.3 Å². The van der Waals surface area contributed by atoms with Crippen molar-refractivity contribution < 1.29 is 18.8 Å². The predicted octanol–water partition coefficient (Wildman–Crippen LogP) is 2.03. The van der Waals surface area contributed by atoms with Crippen molar-refractivity contribution in [3.05, 3.63) is 66.0 Å². The molecule has 0 spiro atoms. The van der Waals surface area contributed by atoms with Gasteiger partial charge in [-0.3, -0.25) is 19.3 Å². The number of hydrogen-bond donors (Lipinski definition) is 1. The first-order chi connectivity index (χ1) is 16.0. The van der Waals surface area contributed by atoms with Crippen LogP contribution in [-0.4, -0.2) is 66.8 Å². The van der Waals surface area contributed by atoms with Crippen LogP contribution in [0.3, 0.4) is 0 Å². The van der Waals surface area contributed by atoms with Gasteiger partial charge in [-0.15, -0.1) is 0 Å². The number of carbonyl (C=O) groups excluding carboxylic acids is 3. The van der Waals surface area contributed by atoms with Crippen LogP contribution in [0.4, 0.5) is 10.1 Å². The second-order valence-electron chi connectivity index (χ2n) is 8.57. The summed E-state index contributed by atoms with van der Waals surface area (Å²) in [7, 11) is 0. The molecule has 3 amide bonds. The number of rotatable bonds is 7. The molecule has 8 heteroatoms. The molecule has 2 aromatic carbocycles. The number of benzene rings is 2. The molecule has 1 N–H and O–H groups in total. The third-order valence-corrected chi connectivity index (χ3v) is 6.25. The monoisotopic (exact) mass is 452 g/mol. The molecule has 2 fully saturated rings. The second-order valence-corrected chi connectivity index (χ2v) is 8.57. The number of amides is 3. The summed E-state index contributed by atoms with van der Waals surface area (Å²) in [6, 6.07) is 15.9. The summed E-state index contributed by atoms with van der Waals surface area (Å²) in [4.78, 5) is 43.0. The highest BCUT2D eigenvalue weighted by atomic mass is 19.1. The van der Waals surface area contributed by atoms with Crippen molar-refractivity contribution >= 4 is 23.4 Å². The van der Waals surface area contributed by atoms with Crippen molar-refractivity contribution in [2.75, 3.05) is 44.2 Å². The molecule has 2 saturated heterocycles. The Balaban J connectivity index is 1.17. The fraction of sp³-hybridized carbons (Fsp3) is 0.400. The fourth-order valence-electron chi connectivity index (χ4n) is 4.35. The Morgan fingerprint density at radius 1 is 0.970 bits per heavy atom. The maximum Gasteiger partial charge on any atom is 0.227 e. The molecule has 0 aliphatic carbocycles. The van der Waals surface area contributed by atoms with Gasteiger partial charge in [-0.2, -0.15) is 0 Å². The Bertz CT molecular complexity index is 975. The summed E-state index contributed by atoms with van der Waals surface area (Å²) < 4.78 is 13.1. The zero-order chi connectivity index (χ0) is 23.2. The Morgan fingerprint density at radius 3 is 2.36 bits per heavy atom. The molecule has 0 bridgehead atoms. The zero-order valence-electron chi connectivity index (χ0n) is 18.6. The molecule has 33 heavy (non-hydrogen) atoms. The van der Waals surface area contributed by atoms with Crippen LogP contribution in [0.5, 0.6) is 0 Å². The van der Waals surface area contributed by atoms with Crippen molar-refractivity contribution in [1.29, 1.82) is 0 Å². The zero-order valence-corrected chi connectivity index (χ0v) is 18.6. The predicted molar refractivity (Wildman–Crippen MR) is 123 cm³/mol. The van der Waals surface area contributed by atoms with Gasteiger partial charge in [-0.05, 0) is 29.8 Å². The van der Waals surface area contributed by atoms with Gasteiger partial charge in [-0.25, -0.2) is 4.39 Å². The van der Waals surface area contributed by atoms with Crippen LogP contribution in [0.15, 0.2) is 54.6 Å². The largest absolute Gasteiger partial charge is 0.355 e. The standard InChI is InChI=1S/C25H29FN4O3/c26-21-6-8-22(9-7-21)30-18-20(16-24(30)32)25(33)27-11-10-23(31)29-14-12-28(13-15-29)17-19-4-2-1-3-5-19/h1-9,20H,10-18H2,(H,27,33). The molecule has 0 radical (unpaired) electrons. The number of piperazine rings is 1. The smallest absolute Gasteiger partial charge is 0.227 e. The van der Waals surface area contributed by atoms with Crippen LogP contribution in [-0.2, 0) is 20.9 Å². The summed E-state index contributed by atoms with van der Waals surface area (Å²) in [5.41, 5.74) is 1.85. The molecular formula is C25H29FN4O3. The molecule has 1 unspecified atom stereocenters. The summed E-state index contributed by atoms with van der Waals surface area (Å²) in [6.45, 7) is 4.42.